The highest BCUT2D eigenvalue weighted by atomic mass is 32.1. The maximum Gasteiger partial charge on any atom is 0.254 e. The van der Waals surface area contributed by atoms with Gasteiger partial charge in [-0.3, -0.25) is 14.3 Å². The average Bonchev–Trinajstić information content (AvgIpc) is 3.68. The van der Waals surface area contributed by atoms with E-state index in [4.69, 9.17) is 12.2 Å². The second kappa shape index (κ2) is 9.18. The summed E-state index contributed by atoms with van der Waals surface area (Å²) in [5.41, 5.74) is 2.86. The fourth-order valence-electron chi connectivity index (χ4n) is 4.54. The molecule has 7 nitrogen and oxygen atoms in total. The summed E-state index contributed by atoms with van der Waals surface area (Å²) >= 11 is 7.24. The number of nitrogens with zero attached hydrogens (tertiary/aromatic N) is 2. The summed E-state index contributed by atoms with van der Waals surface area (Å²) in [6.07, 6.45) is 9.74. The molecule has 0 aliphatic heterocycles. The Kier molecular flexibility index (Phi) is 6.26. The fourth-order valence-corrected chi connectivity index (χ4v) is 6.12. The zero-order chi connectivity index (χ0) is 23.1. The van der Waals surface area contributed by atoms with Crippen molar-refractivity contribution < 1.29 is 9.59 Å². The quantitative estimate of drug-likeness (QED) is 0.488. The molecule has 1 atom stereocenters. The lowest BCUT2D eigenvalue weighted by molar-refractivity contribution is -0.117. The zero-order valence-corrected chi connectivity index (χ0v) is 20.8. The van der Waals surface area contributed by atoms with E-state index in [2.05, 4.69) is 21.0 Å². The van der Waals surface area contributed by atoms with E-state index in [1.54, 1.807) is 16.0 Å². The molecule has 176 valence electrons. The van der Waals surface area contributed by atoms with Crippen LogP contribution in [0.5, 0.6) is 0 Å². The Balaban J connectivity index is 1.31. The van der Waals surface area contributed by atoms with Gasteiger partial charge in [-0.05, 0) is 69.3 Å². The van der Waals surface area contributed by atoms with E-state index in [0.717, 1.165) is 72.0 Å². The monoisotopic (exact) mass is 485 g/mol. The lowest BCUT2D eigenvalue weighted by Gasteiger charge is -2.23. The number of hydrogen-bond donors (Lipinski definition) is 3. The molecule has 3 aliphatic rings. The molecule has 2 saturated carbocycles. The lowest BCUT2D eigenvalue weighted by atomic mass is 9.84. The van der Waals surface area contributed by atoms with Crippen molar-refractivity contribution in [3.63, 3.8) is 0 Å². The van der Waals surface area contributed by atoms with Crippen LogP contribution in [0, 0.1) is 24.7 Å². The van der Waals surface area contributed by atoms with Crippen molar-refractivity contribution in [1.29, 1.82) is 0 Å². The third-order valence-electron chi connectivity index (χ3n) is 6.77. The van der Waals surface area contributed by atoms with Gasteiger partial charge in [-0.15, -0.1) is 11.3 Å². The highest BCUT2D eigenvalue weighted by molar-refractivity contribution is 7.80. The lowest BCUT2D eigenvalue weighted by Crippen LogP contribution is -2.28. The number of anilines is 2. The van der Waals surface area contributed by atoms with Gasteiger partial charge >= 0.3 is 0 Å². The van der Waals surface area contributed by atoms with Crippen LogP contribution in [-0.4, -0.2) is 33.1 Å². The summed E-state index contributed by atoms with van der Waals surface area (Å²) in [5, 5.41) is 14.7. The first kappa shape index (κ1) is 22.5. The number of carbonyl (C=O) groups is 2. The predicted molar refractivity (Wildman–Crippen MR) is 135 cm³/mol. The Hall–Kier alpha value is -2.26. The molecule has 2 heterocycles. The van der Waals surface area contributed by atoms with Crippen LogP contribution in [0.25, 0.3) is 0 Å². The molecule has 0 saturated heterocycles. The van der Waals surface area contributed by atoms with Gasteiger partial charge in [-0.1, -0.05) is 12.2 Å². The van der Waals surface area contributed by atoms with E-state index in [1.165, 1.54) is 17.7 Å². The van der Waals surface area contributed by atoms with Crippen molar-refractivity contribution >= 4 is 51.2 Å². The highest BCUT2D eigenvalue weighted by Crippen LogP contribution is 2.42. The maximum atomic E-state index is 13.2. The molecule has 3 aliphatic carbocycles. The number of rotatable bonds is 8. The number of amides is 2. The van der Waals surface area contributed by atoms with Crippen molar-refractivity contribution in [3.8, 4) is 0 Å². The van der Waals surface area contributed by atoms with Crippen LogP contribution in [0.3, 0.4) is 0 Å². The van der Waals surface area contributed by atoms with Gasteiger partial charge in [-0.2, -0.15) is 5.10 Å². The number of thiophene rings is 1. The van der Waals surface area contributed by atoms with Crippen LogP contribution in [-0.2, 0) is 24.7 Å². The van der Waals surface area contributed by atoms with Crippen molar-refractivity contribution in [2.45, 2.75) is 58.3 Å². The number of nitrogens with one attached hydrogen (secondary N) is 3. The molecular weight excluding hydrogens is 454 g/mol. The highest BCUT2D eigenvalue weighted by Gasteiger charge is 2.34. The molecule has 2 aromatic rings. The number of carbonyl (C=O) groups excluding carboxylic acids is 2. The van der Waals surface area contributed by atoms with Crippen molar-refractivity contribution in [2.75, 3.05) is 17.2 Å². The first-order valence-electron chi connectivity index (χ1n) is 11.9. The number of fused-ring (bicyclic) bond motifs is 1. The number of hydrogen-bond acceptors (Lipinski definition) is 5. The van der Waals surface area contributed by atoms with Gasteiger partial charge in [0.25, 0.3) is 5.91 Å². The Morgan fingerprint density at radius 2 is 1.97 bits per heavy atom. The van der Waals surface area contributed by atoms with Gasteiger partial charge < -0.3 is 16.0 Å². The number of thiocarbonyl (C=S) groups is 1. The van der Waals surface area contributed by atoms with Gasteiger partial charge in [-0.25, -0.2) is 0 Å². The SMILES string of the molecule is Cc1cn(C)nc1NC(=S)C[C@H]1CCc2sc(NC(=O)C3CC3)c(C(=O)NCC3CC3)c2C1. The van der Waals surface area contributed by atoms with Crippen LogP contribution >= 0.6 is 23.6 Å². The standard InChI is InChI=1S/C24H31N5O2S2/c1-13-12-29(2)28-21(13)26-19(32)10-15-5-8-18-17(9-15)20(23(31)25-11-14-3-4-14)24(33-18)27-22(30)16-6-7-16/h12,14-16H,3-11H2,1-2H3,(H,25,31)(H,27,30)(H,26,28,32)/t15-/m0/s1. The van der Waals surface area contributed by atoms with Crippen LogP contribution in [0.15, 0.2) is 6.20 Å². The van der Waals surface area contributed by atoms with Crippen LogP contribution in [0.4, 0.5) is 10.8 Å². The first-order valence-corrected chi connectivity index (χ1v) is 13.1. The summed E-state index contributed by atoms with van der Waals surface area (Å²) in [4.78, 5) is 27.7. The van der Waals surface area contributed by atoms with E-state index in [-0.39, 0.29) is 17.7 Å². The molecule has 2 amide bonds. The molecule has 0 radical (unpaired) electrons. The summed E-state index contributed by atoms with van der Waals surface area (Å²) in [5.74, 6) is 1.89. The van der Waals surface area contributed by atoms with E-state index in [1.807, 2.05) is 20.2 Å². The van der Waals surface area contributed by atoms with Crippen LogP contribution in [0.2, 0.25) is 0 Å². The summed E-state index contributed by atoms with van der Waals surface area (Å²) in [6, 6.07) is 0. The minimum atomic E-state index is -0.0454. The Bertz CT molecular complexity index is 1100. The van der Waals surface area contributed by atoms with E-state index < -0.39 is 0 Å². The molecule has 0 bridgehead atoms. The molecule has 3 N–H and O–H groups in total. The van der Waals surface area contributed by atoms with Gasteiger partial charge in [0, 0.05) is 42.6 Å². The van der Waals surface area contributed by atoms with Gasteiger partial charge in [0.2, 0.25) is 5.91 Å². The third kappa shape index (κ3) is 5.30. The smallest absolute Gasteiger partial charge is 0.254 e. The number of aryl methyl sites for hydroxylation is 3. The molecule has 33 heavy (non-hydrogen) atoms. The average molecular weight is 486 g/mol. The van der Waals surface area contributed by atoms with Crippen molar-refractivity contribution in [1.82, 2.24) is 15.1 Å². The van der Waals surface area contributed by atoms with Gasteiger partial charge in [0.1, 0.15) is 5.00 Å². The summed E-state index contributed by atoms with van der Waals surface area (Å²) in [7, 11) is 1.90. The summed E-state index contributed by atoms with van der Waals surface area (Å²) < 4.78 is 1.78. The molecule has 5 rings (SSSR count). The second-order valence-corrected chi connectivity index (χ2v) is 11.4. The topological polar surface area (TPSA) is 88.1 Å². The Morgan fingerprint density at radius 1 is 1.18 bits per heavy atom. The van der Waals surface area contributed by atoms with Gasteiger partial charge in [0.05, 0.1) is 10.6 Å². The van der Waals surface area contributed by atoms with E-state index >= 15 is 0 Å². The van der Waals surface area contributed by atoms with E-state index in [0.29, 0.717) is 17.4 Å². The third-order valence-corrected chi connectivity index (χ3v) is 8.24. The fraction of sp³-hybridized carbons (Fsp3) is 0.583. The predicted octanol–water partition coefficient (Wildman–Crippen LogP) is 4.21. The van der Waals surface area contributed by atoms with Crippen LogP contribution < -0.4 is 16.0 Å². The molecule has 2 fully saturated rings. The molecular formula is C24H31N5O2S2. The largest absolute Gasteiger partial charge is 0.352 e. The Morgan fingerprint density at radius 3 is 2.64 bits per heavy atom. The maximum absolute atomic E-state index is 13.2. The molecule has 0 spiro atoms. The minimum Gasteiger partial charge on any atom is -0.352 e. The molecule has 9 heteroatoms. The van der Waals surface area contributed by atoms with Crippen LogP contribution in [0.1, 0.15) is 64.9 Å². The Labute approximate surface area is 203 Å². The summed E-state index contributed by atoms with van der Waals surface area (Å²) in [6.45, 7) is 2.74. The van der Waals surface area contributed by atoms with Crippen molar-refractivity contribution in [3.05, 3.63) is 27.8 Å². The van der Waals surface area contributed by atoms with Crippen molar-refractivity contribution in [2.24, 2.45) is 24.8 Å². The first-order chi connectivity index (χ1) is 15.9. The zero-order valence-electron chi connectivity index (χ0n) is 19.2. The molecule has 2 aromatic heterocycles. The minimum absolute atomic E-state index is 0.0454. The molecule has 0 unspecified atom stereocenters. The second-order valence-electron chi connectivity index (χ2n) is 9.82. The molecule has 0 aromatic carbocycles. The van der Waals surface area contributed by atoms with Gasteiger partial charge in [0.15, 0.2) is 5.82 Å². The normalized spacial score (nSPS) is 19.6. The van der Waals surface area contributed by atoms with E-state index in [9.17, 15) is 9.59 Å². The number of aromatic nitrogens is 2.